The summed E-state index contributed by atoms with van der Waals surface area (Å²) in [7, 11) is 1.45. The zero-order valence-corrected chi connectivity index (χ0v) is 21.9. The molecule has 0 saturated carbocycles. The van der Waals surface area contributed by atoms with Gasteiger partial charge in [-0.15, -0.1) is 8.78 Å². The second kappa shape index (κ2) is 10.6. The van der Waals surface area contributed by atoms with Gasteiger partial charge in [0.1, 0.15) is 7.11 Å². The summed E-state index contributed by atoms with van der Waals surface area (Å²) in [5.41, 5.74) is 7.32. The Morgan fingerprint density at radius 3 is 2.66 bits per heavy atom. The number of benzene rings is 1. The van der Waals surface area contributed by atoms with Crippen LogP contribution in [-0.4, -0.2) is 49.3 Å². The van der Waals surface area contributed by atoms with E-state index < -0.39 is 36.5 Å². The molecule has 3 heterocycles. The van der Waals surface area contributed by atoms with Crippen LogP contribution >= 0.6 is 11.8 Å². The second-order valence-electron chi connectivity index (χ2n) is 9.14. The molecule has 3 N–H and O–H groups in total. The smallest absolute Gasteiger partial charge is 0.395 e. The van der Waals surface area contributed by atoms with Crippen LogP contribution in [0.25, 0.3) is 0 Å². The van der Waals surface area contributed by atoms with E-state index in [1.807, 2.05) is 0 Å². The molecule has 2 aliphatic rings. The Kier molecular flexibility index (Phi) is 7.82. The number of pyridine rings is 1. The first-order chi connectivity index (χ1) is 17.8. The van der Waals surface area contributed by atoms with Gasteiger partial charge in [0.25, 0.3) is 5.92 Å². The molecule has 206 valence electrons. The number of carbonyl (C=O) groups excluding carboxylic acids is 1. The van der Waals surface area contributed by atoms with Crippen LogP contribution in [-0.2, 0) is 11.3 Å². The van der Waals surface area contributed by atoms with Gasteiger partial charge >= 0.3 is 6.29 Å². The number of hydrogen-bond acceptors (Lipinski definition) is 7. The molecule has 2 atom stereocenters. The molecule has 1 saturated heterocycles. The van der Waals surface area contributed by atoms with Crippen molar-refractivity contribution < 1.29 is 41.4 Å². The van der Waals surface area contributed by atoms with Crippen LogP contribution in [0.15, 0.2) is 47.0 Å². The van der Waals surface area contributed by atoms with E-state index >= 15 is 0 Å². The molecule has 0 radical (unpaired) electrons. The Hall–Kier alpha value is -3.03. The van der Waals surface area contributed by atoms with Gasteiger partial charge in [0.15, 0.2) is 11.5 Å². The number of carbonyl (C=O) groups is 1. The Balaban J connectivity index is 1.42. The molecular weight excluding hydrogens is 528 g/mol. The standard InChI is InChI=1S/C25H28F4N4O4S/c1-14-9-20-21(37-25(28,29)36-20)11-22(14)38-16(3)31-23(34)15(2)32-8-6-24(26,27)19(13-32)17-5-7-33(35-4)18(10-17)12-30/h5,7,9-11,15,19H,3,6,8,12-13,30H2,1-2,4H3/p+1. The average Bonchev–Trinajstić information content (AvgIpc) is 3.15. The maximum Gasteiger partial charge on any atom is 0.586 e. The van der Waals surface area contributed by atoms with E-state index in [0.29, 0.717) is 21.7 Å². The van der Waals surface area contributed by atoms with Crippen LogP contribution < -0.4 is 30.1 Å². The molecule has 1 amide bonds. The van der Waals surface area contributed by atoms with Crippen LogP contribution in [0.4, 0.5) is 17.6 Å². The molecular formula is C25H29F4N4O4S+. The fraction of sp³-hybridized carbons (Fsp3) is 0.440. The maximum atomic E-state index is 15.0. The van der Waals surface area contributed by atoms with Crippen LogP contribution in [0.1, 0.15) is 36.1 Å². The fourth-order valence-corrected chi connectivity index (χ4v) is 5.28. The van der Waals surface area contributed by atoms with Crippen LogP contribution in [0.3, 0.4) is 0 Å². The van der Waals surface area contributed by atoms with Gasteiger partial charge in [-0.05, 0) is 37.1 Å². The van der Waals surface area contributed by atoms with E-state index in [9.17, 15) is 22.4 Å². The van der Waals surface area contributed by atoms with E-state index in [1.165, 1.54) is 24.0 Å². The molecule has 2 aromatic rings. The highest BCUT2D eigenvalue weighted by molar-refractivity contribution is 8.03. The predicted octanol–water partition coefficient (Wildman–Crippen LogP) is 3.31. The lowest BCUT2D eigenvalue weighted by Crippen LogP contribution is -2.53. The number of thioether (sulfide) groups is 1. The molecule has 2 unspecified atom stereocenters. The van der Waals surface area contributed by atoms with Gasteiger partial charge in [-0.25, -0.2) is 8.78 Å². The SMILES string of the molecule is C=C(NC(=O)C(C)N1CCC(F)(F)C(c2cc[n+](OC)c(CN)c2)C1)Sc1cc2c(cc1C)OC(F)(F)O2. The highest BCUT2D eigenvalue weighted by atomic mass is 32.2. The Labute approximate surface area is 221 Å². The van der Waals surface area contributed by atoms with Gasteiger partial charge in [0, 0.05) is 41.3 Å². The van der Waals surface area contributed by atoms with E-state index in [0.717, 1.165) is 11.8 Å². The lowest BCUT2D eigenvalue weighted by Gasteiger charge is -2.40. The molecule has 13 heteroatoms. The van der Waals surface area contributed by atoms with Crippen molar-refractivity contribution in [2.24, 2.45) is 5.73 Å². The number of piperidine rings is 1. The second-order valence-corrected chi connectivity index (χ2v) is 10.3. The van der Waals surface area contributed by atoms with Crippen molar-refractivity contribution in [1.29, 1.82) is 0 Å². The van der Waals surface area contributed by atoms with Crippen molar-refractivity contribution in [2.45, 2.75) is 55.9 Å². The maximum absolute atomic E-state index is 15.0. The molecule has 4 rings (SSSR count). The third kappa shape index (κ3) is 5.84. The first-order valence-electron chi connectivity index (χ1n) is 11.8. The number of halogens is 4. The van der Waals surface area contributed by atoms with Gasteiger partial charge in [-0.1, -0.05) is 18.3 Å². The van der Waals surface area contributed by atoms with Crippen molar-refractivity contribution in [3.8, 4) is 11.5 Å². The summed E-state index contributed by atoms with van der Waals surface area (Å²) < 4.78 is 67.0. The Morgan fingerprint density at radius 1 is 1.32 bits per heavy atom. The largest absolute Gasteiger partial charge is 0.586 e. The number of ether oxygens (including phenoxy) is 2. The number of fused-ring (bicyclic) bond motifs is 1. The number of likely N-dealkylation sites (tertiary alicyclic amines) is 1. The van der Waals surface area contributed by atoms with Gasteiger partial charge in [0.2, 0.25) is 17.8 Å². The van der Waals surface area contributed by atoms with Crippen molar-refractivity contribution >= 4 is 17.7 Å². The highest BCUT2D eigenvalue weighted by Crippen LogP contribution is 2.45. The van der Waals surface area contributed by atoms with Gasteiger partial charge < -0.3 is 20.5 Å². The van der Waals surface area contributed by atoms with E-state index in [1.54, 1.807) is 37.1 Å². The van der Waals surface area contributed by atoms with Gasteiger partial charge in [-0.2, -0.15) is 0 Å². The summed E-state index contributed by atoms with van der Waals surface area (Å²) in [6.45, 7) is 7.27. The van der Waals surface area contributed by atoms with Gasteiger partial charge in [-0.3, -0.25) is 14.5 Å². The first-order valence-corrected chi connectivity index (χ1v) is 12.6. The molecule has 1 fully saturated rings. The molecule has 1 aromatic heterocycles. The van der Waals surface area contributed by atoms with E-state index in [-0.39, 0.29) is 36.2 Å². The van der Waals surface area contributed by atoms with Crippen molar-refractivity contribution in [2.75, 3.05) is 20.2 Å². The highest BCUT2D eigenvalue weighted by Gasteiger charge is 2.47. The number of nitrogens with zero attached hydrogens (tertiary/aromatic N) is 2. The summed E-state index contributed by atoms with van der Waals surface area (Å²) >= 11 is 1.06. The Bertz CT molecular complexity index is 1250. The van der Waals surface area contributed by atoms with Gasteiger partial charge in [0.05, 0.1) is 23.5 Å². The summed E-state index contributed by atoms with van der Waals surface area (Å²) in [4.78, 5) is 20.4. The number of nitrogens with two attached hydrogens (primary N) is 1. The predicted molar refractivity (Wildman–Crippen MR) is 131 cm³/mol. The molecule has 0 bridgehead atoms. The Morgan fingerprint density at radius 2 is 2.00 bits per heavy atom. The number of aromatic nitrogens is 1. The fourth-order valence-electron chi connectivity index (χ4n) is 4.48. The third-order valence-electron chi connectivity index (χ3n) is 6.61. The zero-order chi connectivity index (χ0) is 27.8. The number of rotatable bonds is 8. The zero-order valence-electron chi connectivity index (χ0n) is 21.1. The minimum Gasteiger partial charge on any atom is -0.395 e. The third-order valence-corrected chi connectivity index (χ3v) is 7.62. The number of nitrogens with one attached hydrogen (secondary N) is 1. The molecule has 0 aliphatic carbocycles. The quantitative estimate of drug-likeness (QED) is 0.293. The van der Waals surface area contributed by atoms with Crippen molar-refractivity contribution in [1.82, 2.24) is 10.2 Å². The molecule has 2 aliphatic heterocycles. The molecule has 8 nitrogen and oxygen atoms in total. The number of amides is 1. The number of aryl methyl sites for hydroxylation is 1. The lowest BCUT2D eigenvalue weighted by atomic mass is 9.86. The van der Waals surface area contributed by atoms with E-state index in [2.05, 4.69) is 21.4 Å². The summed E-state index contributed by atoms with van der Waals surface area (Å²) in [5.74, 6) is -4.74. The van der Waals surface area contributed by atoms with Crippen molar-refractivity contribution in [3.63, 3.8) is 0 Å². The van der Waals surface area contributed by atoms with Crippen LogP contribution in [0.2, 0.25) is 0 Å². The van der Waals surface area contributed by atoms with Crippen LogP contribution in [0, 0.1) is 6.92 Å². The minimum atomic E-state index is -3.74. The van der Waals surface area contributed by atoms with Crippen LogP contribution in [0.5, 0.6) is 11.5 Å². The van der Waals surface area contributed by atoms with E-state index in [4.69, 9.17) is 10.6 Å². The van der Waals surface area contributed by atoms with Crippen molar-refractivity contribution in [3.05, 3.63) is 58.9 Å². The monoisotopic (exact) mass is 557 g/mol. The minimum absolute atomic E-state index is 0.0296. The topological polar surface area (TPSA) is 89.9 Å². The lowest BCUT2D eigenvalue weighted by molar-refractivity contribution is -0.890. The number of hydrogen-bond donors (Lipinski definition) is 2. The summed E-state index contributed by atoms with van der Waals surface area (Å²) in [6.07, 6.45) is -2.61. The molecule has 0 spiro atoms. The summed E-state index contributed by atoms with van der Waals surface area (Å²) in [5, 5.41) is 2.93. The first kappa shape index (κ1) is 28.0. The number of alkyl halides is 4. The normalized spacial score (nSPS) is 20.6. The average molecular weight is 558 g/mol. The summed E-state index contributed by atoms with van der Waals surface area (Å²) in [6, 6.07) is 5.23. The molecule has 1 aromatic carbocycles. The molecule has 38 heavy (non-hydrogen) atoms.